The molecule has 0 bridgehead atoms. The van der Waals surface area contributed by atoms with Gasteiger partial charge in [0.25, 0.3) is 0 Å². The van der Waals surface area contributed by atoms with E-state index in [1.165, 1.54) is 0 Å². The Hall–Kier alpha value is -1.52. The van der Waals surface area contributed by atoms with E-state index < -0.39 is 0 Å². The van der Waals surface area contributed by atoms with Gasteiger partial charge in [0.1, 0.15) is 11.6 Å². The highest BCUT2D eigenvalue weighted by Crippen LogP contribution is 2.26. The molecule has 0 fully saturated rings. The fourth-order valence-corrected chi connectivity index (χ4v) is 2.39. The van der Waals surface area contributed by atoms with Gasteiger partial charge in [0.05, 0.1) is 23.6 Å². The predicted octanol–water partition coefficient (Wildman–Crippen LogP) is 3.53. The maximum atomic E-state index is 5.93. The van der Waals surface area contributed by atoms with Crippen LogP contribution < -0.4 is 10.5 Å². The van der Waals surface area contributed by atoms with Crippen LogP contribution in [0.4, 0.5) is 5.69 Å². The largest absolute Gasteiger partial charge is 0.496 e. The van der Waals surface area contributed by atoms with Gasteiger partial charge in [0.2, 0.25) is 0 Å². The van der Waals surface area contributed by atoms with Crippen LogP contribution in [-0.4, -0.2) is 12.9 Å². The summed E-state index contributed by atoms with van der Waals surface area (Å²) in [6.07, 6.45) is 0. The second-order valence-electron chi connectivity index (χ2n) is 3.60. The second kappa shape index (κ2) is 5.89. The lowest BCUT2D eigenvalue weighted by Crippen LogP contribution is -2.10. The Morgan fingerprint density at radius 2 is 2.28 bits per heavy atom. The van der Waals surface area contributed by atoms with E-state index in [1.807, 2.05) is 35.7 Å². The van der Waals surface area contributed by atoms with Crippen LogP contribution in [0.25, 0.3) is 0 Å². The third kappa shape index (κ3) is 2.83. The Kier molecular flexibility index (Phi) is 4.23. The van der Waals surface area contributed by atoms with Gasteiger partial charge in [-0.1, -0.05) is 6.07 Å². The zero-order valence-electron chi connectivity index (χ0n) is 9.89. The Balaban J connectivity index is 2.32. The average molecular weight is 281 g/mol. The number of ether oxygens (including phenoxy) is 1. The summed E-state index contributed by atoms with van der Waals surface area (Å²) in [5.41, 5.74) is 7.61. The molecule has 0 atom stereocenters. The number of methoxy groups -OCH3 is 1. The summed E-state index contributed by atoms with van der Waals surface area (Å²) in [5.74, 6) is 1.65. The van der Waals surface area contributed by atoms with Crippen molar-refractivity contribution in [2.75, 3.05) is 7.11 Å². The van der Waals surface area contributed by atoms with Crippen molar-refractivity contribution in [3.63, 3.8) is 0 Å². The third-order valence-electron chi connectivity index (χ3n) is 2.43. The lowest BCUT2D eigenvalue weighted by atomic mass is 10.2. The lowest BCUT2D eigenvalue weighted by molar-refractivity contribution is 0.411. The molecule has 0 aliphatic heterocycles. The normalized spacial score (nSPS) is 11.6. The zero-order chi connectivity index (χ0) is 13.0. The molecule has 1 aromatic carbocycles. The summed E-state index contributed by atoms with van der Waals surface area (Å²) in [6.45, 7) is 0. The number of thiophene rings is 1. The van der Waals surface area contributed by atoms with Crippen molar-refractivity contribution in [1.29, 1.82) is 0 Å². The van der Waals surface area contributed by atoms with Gasteiger partial charge in [0, 0.05) is 5.56 Å². The van der Waals surface area contributed by atoms with Crippen molar-refractivity contribution in [1.82, 2.24) is 0 Å². The summed E-state index contributed by atoms with van der Waals surface area (Å²) in [7, 11) is 1.62. The number of nitrogens with two attached hydrogens (primary N) is 1. The van der Waals surface area contributed by atoms with E-state index in [2.05, 4.69) is 4.99 Å². The van der Waals surface area contributed by atoms with Crippen molar-refractivity contribution in [2.24, 2.45) is 10.7 Å². The molecule has 0 saturated carbocycles. The van der Waals surface area contributed by atoms with Crippen LogP contribution in [0.15, 0.2) is 40.7 Å². The summed E-state index contributed by atoms with van der Waals surface area (Å²) >= 11 is 7.42. The van der Waals surface area contributed by atoms with E-state index in [4.69, 9.17) is 22.1 Å². The molecule has 1 heterocycles. The molecule has 3 nitrogen and oxygen atoms in total. The quantitative estimate of drug-likeness (QED) is 0.529. The van der Waals surface area contributed by atoms with Gasteiger partial charge in [-0.15, -0.1) is 22.9 Å². The minimum absolute atomic E-state index is 0.380. The van der Waals surface area contributed by atoms with E-state index in [0.29, 0.717) is 11.7 Å². The zero-order valence-corrected chi connectivity index (χ0v) is 11.5. The number of hydrogen-bond acceptors (Lipinski definition) is 3. The maximum Gasteiger partial charge on any atom is 0.141 e. The highest BCUT2D eigenvalue weighted by molar-refractivity contribution is 7.12. The first kappa shape index (κ1) is 12.9. The van der Waals surface area contributed by atoms with Gasteiger partial charge in [-0.2, -0.15) is 0 Å². The van der Waals surface area contributed by atoms with Gasteiger partial charge < -0.3 is 10.5 Å². The van der Waals surface area contributed by atoms with E-state index in [-0.39, 0.29) is 0 Å². The summed E-state index contributed by atoms with van der Waals surface area (Å²) < 4.78 is 5.21. The predicted molar refractivity (Wildman–Crippen MR) is 77.3 cm³/mol. The molecular weight excluding hydrogens is 268 g/mol. The fourth-order valence-electron chi connectivity index (χ4n) is 1.56. The average Bonchev–Trinajstić information content (AvgIpc) is 2.92. The molecule has 1 aromatic heterocycles. The first-order valence-electron chi connectivity index (χ1n) is 5.35. The molecule has 0 aliphatic rings. The summed E-state index contributed by atoms with van der Waals surface area (Å²) in [4.78, 5) is 5.33. The van der Waals surface area contributed by atoms with Crippen molar-refractivity contribution >= 4 is 34.5 Å². The first-order valence-corrected chi connectivity index (χ1v) is 6.77. The molecule has 2 aromatic rings. The number of hydrogen-bond donors (Lipinski definition) is 1. The monoisotopic (exact) mass is 280 g/mol. The van der Waals surface area contributed by atoms with Gasteiger partial charge in [-0.05, 0) is 29.6 Å². The van der Waals surface area contributed by atoms with Crippen LogP contribution in [0.1, 0.15) is 10.4 Å². The minimum atomic E-state index is 0.380. The standard InChI is InChI=1S/C13H13ClN2OS/c1-17-11-5-4-10(7-9(11)8-14)16-13(15)12-3-2-6-18-12/h2-7H,8H2,1H3,(H2,15,16). The molecule has 18 heavy (non-hydrogen) atoms. The van der Waals surface area contributed by atoms with Crippen LogP contribution in [0.3, 0.4) is 0 Å². The van der Waals surface area contributed by atoms with Crippen molar-refractivity contribution < 1.29 is 4.74 Å². The van der Waals surface area contributed by atoms with Crippen LogP contribution in [0.5, 0.6) is 5.75 Å². The molecule has 2 rings (SSSR count). The van der Waals surface area contributed by atoms with E-state index >= 15 is 0 Å². The smallest absolute Gasteiger partial charge is 0.141 e. The van der Waals surface area contributed by atoms with Gasteiger partial charge in [-0.25, -0.2) is 4.99 Å². The Labute approximate surface area is 115 Å². The molecule has 0 amide bonds. The molecular formula is C13H13ClN2OS. The van der Waals surface area contributed by atoms with E-state index in [1.54, 1.807) is 18.4 Å². The summed E-state index contributed by atoms with van der Waals surface area (Å²) in [5, 5.41) is 1.97. The molecule has 0 unspecified atom stereocenters. The lowest BCUT2D eigenvalue weighted by Gasteiger charge is -2.06. The number of aliphatic imine (C=N–C) groups is 1. The molecule has 5 heteroatoms. The molecule has 94 valence electrons. The minimum Gasteiger partial charge on any atom is -0.496 e. The molecule has 2 N–H and O–H groups in total. The van der Waals surface area contributed by atoms with Crippen LogP contribution >= 0.6 is 22.9 Å². The highest BCUT2D eigenvalue weighted by atomic mass is 35.5. The highest BCUT2D eigenvalue weighted by Gasteiger charge is 2.04. The molecule has 0 spiro atoms. The second-order valence-corrected chi connectivity index (χ2v) is 4.82. The molecule has 0 aliphatic carbocycles. The number of nitrogens with zero attached hydrogens (tertiary/aromatic N) is 1. The van der Waals surface area contributed by atoms with E-state index in [9.17, 15) is 0 Å². The van der Waals surface area contributed by atoms with Gasteiger partial charge in [-0.3, -0.25) is 0 Å². The van der Waals surface area contributed by atoms with E-state index in [0.717, 1.165) is 21.9 Å². The number of amidine groups is 1. The third-order valence-corrected chi connectivity index (χ3v) is 3.61. The number of halogens is 1. The van der Waals surface area contributed by atoms with Gasteiger partial charge >= 0.3 is 0 Å². The number of alkyl halides is 1. The van der Waals surface area contributed by atoms with Crippen molar-refractivity contribution in [2.45, 2.75) is 5.88 Å². The van der Waals surface area contributed by atoms with Crippen LogP contribution in [0, 0.1) is 0 Å². The molecule has 0 saturated heterocycles. The van der Waals surface area contributed by atoms with Crippen molar-refractivity contribution in [3.05, 3.63) is 46.2 Å². The van der Waals surface area contributed by atoms with Gasteiger partial charge in [0.15, 0.2) is 0 Å². The topological polar surface area (TPSA) is 47.6 Å². The Bertz CT molecular complexity index is 552. The number of benzene rings is 1. The first-order chi connectivity index (χ1) is 8.74. The Morgan fingerprint density at radius 1 is 1.44 bits per heavy atom. The fraction of sp³-hybridized carbons (Fsp3) is 0.154. The maximum absolute atomic E-state index is 5.93. The Morgan fingerprint density at radius 3 is 2.89 bits per heavy atom. The summed E-state index contributed by atoms with van der Waals surface area (Å²) in [6, 6.07) is 9.47. The molecule has 0 radical (unpaired) electrons. The van der Waals surface area contributed by atoms with Crippen molar-refractivity contribution in [3.8, 4) is 5.75 Å². The van der Waals surface area contributed by atoms with Crippen LogP contribution in [0.2, 0.25) is 0 Å². The SMILES string of the molecule is COc1ccc(N=C(N)c2cccs2)cc1CCl. The number of rotatable bonds is 4. The van der Waals surface area contributed by atoms with Crippen LogP contribution in [-0.2, 0) is 5.88 Å².